The number of methoxy groups -OCH3 is 2. The molecule has 0 spiro atoms. The van der Waals surface area contributed by atoms with Crippen LogP contribution in [0.15, 0.2) is 17.2 Å². The molecule has 0 amide bonds. The fraction of sp³-hybridized carbons (Fsp3) is 0.500. The summed E-state index contributed by atoms with van der Waals surface area (Å²) in [4.78, 5) is 37.8. The third kappa shape index (κ3) is 4.53. The molecule has 6 nitrogen and oxygen atoms in total. The third-order valence-electron chi connectivity index (χ3n) is 5.73. The van der Waals surface area contributed by atoms with E-state index in [9.17, 15) is 14.4 Å². The van der Waals surface area contributed by atoms with Crippen molar-refractivity contribution in [1.82, 2.24) is 0 Å². The Kier molecular flexibility index (Phi) is 7.01. The van der Waals surface area contributed by atoms with Gasteiger partial charge >= 0.3 is 5.97 Å². The zero-order chi connectivity index (χ0) is 23.0. The number of carbonyl (C=O) groups excluding carboxylic acids is 3. The van der Waals surface area contributed by atoms with Crippen molar-refractivity contribution in [2.75, 3.05) is 14.2 Å². The second kappa shape index (κ2) is 8.65. The summed E-state index contributed by atoms with van der Waals surface area (Å²) in [5, 5.41) is -0.155. The van der Waals surface area contributed by atoms with Gasteiger partial charge in [0.2, 0.25) is 5.78 Å². The SMILES string of the molecule is COC(=O)c1c(C[C@@H](C)O[Si](C)(C)C(C)(C)C)cc2c(c1OC)C(=O)C=C(Cl)C2=O. The highest BCUT2D eigenvalue weighted by Gasteiger charge is 2.39. The molecule has 1 aliphatic rings. The Hall–Kier alpha value is -1.96. The largest absolute Gasteiger partial charge is 0.495 e. The van der Waals surface area contributed by atoms with Crippen molar-refractivity contribution in [1.29, 1.82) is 0 Å². The second-order valence-corrected chi connectivity index (χ2v) is 14.1. The minimum Gasteiger partial charge on any atom is -0.495 e. The van der Waals surface area contributed by atoms with Gasteiger partial charge in [-0.15, -0.1) is 0 Å². The summed E-state index contributed by atoms with van der Waals surface area (Å²) in [6, 6.07) is 1.53. The zero-order valence-electron chi connectivity index (χ0n) is 18.8. The molecule has 2 rings (SSSR count). The number of hydrogen-bond donors (Lipinski definition) is 0. The number of halogens is 1. The lowest BCUT2D eigenvalue weighted by molar-refractivity contribution is 0.0594. The number of allylic oxidation sites excluding steroid dienone is 2. The number of ether oxygens (including phenoxy) is 2. The molecule has 0 heterocycles. The molecular formula is C22H29ClO6Si. The molecule has 1 atom stereocenters. The Balaban J connectivity index is 2.61. The van der Waals surface area contributed by atoms with Gasteiger partial charge in [0.15, 0.2) is 14.1 Å². The standard InChI is InChI=1S/C22H29ClO6Si/c1-12(29-30(7,8)22(2,3)4)9-13-10-14-18(16(24)11-15(23)19(14)25)20(27-5)17(13)21(26)28-6/h10-12H,9H2,1-8H3/t12-/m1/s1. The summed E-state index contributed by atoms with van der Waals surface area (Å²) < 4.78 is 16.8. The lowest BCUT2D eigenvalue weighted by Gasteiger charge is -2.38. The maximum atomic E-state index is 12.6. The van der Waals surface area contributed by atoms with Crippen LogP contribution in [0.4, 0.5) is 0 Å². The highest BCUT2D eigenvalue weighted by Crippen LogP contribution is 2.39. The number of Topliss-reactive ketones (excluding diaryl/α,β-unsaturated/α-hetero) is 1. The first-order valence-corrected chi connectivity index (χ1v) is 13.0. The van der Waals surface area contributed by atoms with E-state index < -0.39 is 25.9 Å². The quantitative estimate of drug-likeness (QED) is 0.449. The lowest BCUT2D eigenvalue weighted by atomic mass is 9.87. The number of esters is 1. The number of carbonyl (C=O) groups is 3. The molecule has 0 saturated heterocycles. The van der Waals surface area contributed by atoms with Crippen LogP contribution >= 0.6 is 11.6 Å². The molecule has 0 unspecified atom stereocenters. The van der Waals surface area contributed by atoms with Crippen molar-refractivity contribution in [3.63, 3.8) is 0 Å². The average Bonchev–Trinajstić information content (AvgIpc) is 2.62. The summed E-state index contributed by atoms with van der Waals surface area (Å²) in [5.74, 6) is -1.60. The summed E-state index contributed by atoms with van der Waals surface area (Å²) in [7, 11) is 0.541. The van der Waals surface area contributed by atoms with Crippen LogP contribution in [0.1, 0.15) is 64.3 Å². The van der Waals surface area contributed by atoms with Crippen molar-refractivity contribution in [2.24, 2.45) is 0 Å². The second-order valence-electron chi connectivity index (χ2n) is 8.94. The smallest absolute Gasteiger partial charge is 0.341 e. The van der Waals surface area contributed by atoms with Crippen LogP contribution in [0.2, 0.25) is 18.1 Å². The van der Waals surface area contributed by atoms with Crippen molar-refractivity contribution in [3.8, 4) is 5.75 Å². The van der Waals surface area contributed by atoms with Crippen LogP contribution in [0.25, 0.3) is 0 Å². The molecular weight excluding hydrogens is 424 g/mol. The van der Waals surface area contributed by atoms with Crippen molar-refractivity contribution in [3.05, 3.63) is 39.4 Å². The van der Waals surface area contributed by atoms with Gasteiger partial charge in [-0.05, 0) is 43.1 Å². The molecule has 164 valence electrons. The van der Waals surface area contributed by atoms with E-state index in [1.54, 1.807) is 0 Å². The molecule has 0 bridgehead atoms. The minimum atomic E-state index is -2.06. The first-order valence-electron chi connectivity index (χ1n) is 9.71. The van der Waals surface area contributed by atoms with Gasteiger partial charge < -0.3 is 13.9 Å². The Morgan fingerprint density at radius 2 is 1.80 bits per heavy atom. The van der Waals surface area contributed by atoms with Gasteiger partial charge in [0.25, 0.3) is 0 Å². The van der Waals surface area contributed by atoms with Gasteiger partial charge in [-0.25, -0.2) is 4.79 Å². The summed E-state index contributed by atoms with van der Waals surface area (Å²) >= 11 is 5.95. The highest BCUT2D eigenvalue weighted by atomic mass is 35.5. The van der Waals surface area contributed by atoms with Gasteiger partial charge in [0.05, 0.1) is 24.8 Å². The molecule has 0 radical (unpaired) electrons. The van der Waals surface area contributed by atoms with Crippen LogP contribution in [-0.2, 0) is 15.6 Å². The summed E-state index contributed by atoms with van der Waals surface area (Å²) in [6.07, 6.45) is 1.14. The van der Waals surface area contributed by atoms with E-state index >= 15 is 0 Å². The van der Waals surface area contributed by atoms with E-state index in [-0.39, 0.29) is 38.6 Å². The predicted molar refractivity (Wildman–Crippen MR) is 118 cm³/mol. The Morgan fingerprint density at radius 3 is 2.30 bits per heavy atom. The van der Waals surface area contributed by atoms with Crippen LogP contribution in [-0.4, -0.2) is 46.2 Å². The normalized spacial score (nSPS) is 15.4. The van der Waals surface area contributed by atoms with Gasteiger partial charge in [-0.2, -0.15) is 0 Å². The maximum Gasteiger partial charge on any atom is 0.341 e. The number of fused-ring (bicyclic) bond motifs is 1. The van der Waals surface area contributed by atoms with E-state index in [1.165, 1.54) is 20.3 Å². The minimum absolute atomic E-state index is 0.0146. The van der Waals surface area contributed by atoms with E-state index in [1.807, 2.05) is 6.92 Å². The fourth-order valence-corrected chi connectivity index (χ4v) is 4.88. The highest BCUT2D eigenvalue weighted by molar-refractivity contribution is 6.74. The Bertz CT molecular complexity index is 927. The van der Waals surface area contributed by atoms with E-state index in [0.29, 0.717) is 12.0 Å². The molecule has 0 N–H and O–H groups in total. The summed E-state index contributed by atoms with van der Waals surface area (Å²) in [6.45, 7) is 12.6. The van der Waals surface area contributed by atoms with Gasteiger partial charge in [-0.3, -0.25) is 9.59 Å². The van der Waals surface area contributed by atoms with Crippen LogP contribution in [0.5, 0.6) is 5.75 Å². The van der Waals surface area contributed by atoms with Gasteiger partial charge in [0, 0.05) is 17.7 Å². The van der Waals surface area contributed by atoms with Crippen LogP contribution in [0, 0.1) is 0 Å². The first kappa shape index (κ1) is 24.3. The topological polar surface area (TPSA) is 78.9 Å². The van der Waals surface area contributed by atoms with E-state index in [0.717, 1.165) is 6.08 Å². The van der Waals surface area contributed by atoms with Gasteiger partial charge in [0.1, 0.15) is 11.3 Å². The summed E-state index contributed by atoms with van der Waals surface area (Å²) in [5.41, 5.74) is 0.772. The number of rotatable bonds is 6. The van der Waals surface area contributed by atoms with E-state index in [4.69, 9.17) is 25.5 Å². The maximum absolute atomic E-state index is 12.6. The molecule has 0 aliphatic heterocycles. The van der Waals surface area contributed by atoms with Gasteiger partial charge in [-0.1, -0.05) is 32.4 Å². The average molecular weight is 453 g/mol. The van der Waals surface area contributed by atoms with Crippen molar-refractivity contribution >= 4 is 37.5 Å². The van der Waals surface area contributed by atoms with Crippen molar-refractivity contribution in [2.45, 2.75) is 58.4 Å². The molecule has 1 aromatic carbocycles. The van der Waals surface area contributed by atoms with Crippen molar-refractivity contribution < 1.29 is 28.3 Å². The molecule has 0 saturated carbocycles. The predicted octanol–water partition coefficient (Wildman–Crippen LogP) is 4.94. The Labute approximate surface area is 183 Å². The Morgan fingerprint density at radius 1 is 1.20 bits per heavy atom. The van der Waals surface area contributed by atoms with Crippen LogP contribution < -0.4 is 4.74 Å². The number of hydrogen-bond acceptors (Lipinski definition) is 6. The lowest BCUT2D eigenvalue weighted by Crippen LogP contribution is -2.43. The van der Waals surface area contributed by atoms with E-state index in [2.05, 4.69) is 33.9 Å². The molecule has 0 aromatic heterocycles. The first-order chi connectivity index (χ1) is 13.7. The molecule has 0 fully saturated rings. The third-order valence-corrected chi connectivity index (χ3v) is 10.6. The monoisotopic (exact) mass is 452 g/mol. The zero-order valence-corrected chi connectivity index (χ0v) is 20.5. The molecule has 30 heavy (non-hydrogen) atoms. The van der Waals surface area contributed by atoms with Crippen LogP contribution in [0.3, 0.4) is 0 Å². The molecule has 1 aliphatic carbocycles. The number of benzene rings is 1. The number of ketones is 2. The molecule has 1 aromatic rings. The fourth-order valence-electron chi connectivity index (χ4n) is 3.24. The molecule has 8 heteroatoms.